The molecule has 9 aromatic rings. The number of nitriles is 1. The molecular weight excluding hydrogens is 571 g/mol. The van der Waals surface area contributed by atoms with Crippen LogP contribution in [0.15, 0.2) is 164 Å². The fraction of sp³-hybridized carbons (Fsp3) is 0. The molecule has 3 nitrogen and oxygen atoms in total. The van der Waals surface area contributed by atoms with Gasteiger partial charge >= 0.3 is 0 Å². The minimum Gasteiger partial charge on any atom is -0.292 e. The van der Waals surface area contributed by atoms with Gasteiger partial charge in [0.05, 0.1) is 22.7 Å². The lowest BCUT2D eigenvalue weighted by Crippen LogP contribution is -1.98. The number of imidazole rings is 1. The summed E-state index contributed by atoms with van der Waals surface area (Å²) in [4.78, 5) is 5.00. The van der Waals surface area contributed by atoms with Gasteiger partial charge in [0.25, 0.3) is 0 Å². The number of fused-ring (bicyclic) bond motifs is 4. The Kier molecular flexibility index (Phi) is 6.19. The number of rotatable bonds is 4. The standard InChI is InChI=1S/C44H27N3/c45-28-29-18-25-41-40(26-29)46-44(32-11-2-1-3-12-32)47(41)35-23-21-31(22-24-35)42-36-14-6-8-16-38(36)43(39-17-9-7-15-37(39)42)34-20-19-30-10-4-5-13-33(30)27-34/h1-27H. The number of hydrogen-bond acceptors (Lipinski definition) is 2. The zero-order chi connectivity index (χ0) is 31.3. The molecule has 0 unspecified atom stereocenters. The summed E-state index contributed by atoms with van der Waals surface area (Å²) in [5.74, 6) is 0.846. The molecule has 0 amide bonds. The average Bonchev–Trinajstić information content (AvgIpc) is 3.53. The van der Waals surface area contributed by atoms with Crippen LogP contribution in [0.4, 0.5) is 0 Å². The van der Waals surface area contributed by atoms with Crippen molar-refractivity contribution < 1.29 is 0 Å². The lowest BCUT2D eigenvalue weighted by atomic mass is 9.85. The van der Waals surface area contributed by atoms with Gasteiger partial charge in [-0.2, -0.15) is 5.26 Å². The van der Waals surface area contributed by atoms with E-state index in [0.717, 1.165) is 33.7 Å². The minimum absolute atomic E-state index is 0.600. The zero-order valence-corrected chi connectivity index (χ0v) is 25.4. The summed E-state index contributed by atoms with van der Waals surface area (Å²) in [7, 11) is 0. The second-order valence-corrected chi connectivity index (χ2v) is 11.9. The first-order valence-electron chi connectivity index (χ1n) is 15.8. The highest BCUT2D eigenvalue weighted by molar-refractivity contribution is 6.21. The third-order valence-electron chi connectivity index (χ3n) is 9.20. The van der Waals surface area contributed by atoms with Crippen LogP contribution in [0.2, 0.25) is 0 Å². The van der Waals surface area contributed by atoms with Gasteiger partial charge in [-0.15, -0.1) is 0 Å². The molecule has 218 valence electrons. The van der Waals surface area contributed by atoms with Gasteiger partial charge in [0.1, 0.15) is 5.82 Å². The highest BCUT2D eigenvalue weighted by atomic mass is 15.1. The van der Waals surface area contributed by atoms with E-state index in [0.29, 0.717) is 5.56 Å². The summed E-state index contributed by atoms with van der Waals surface area (Å²) < 4.78 is 2.19. The van der Waals surface area contributed by atoms with Crippen molar-refractivity contribution in [3.8, 4) is 45.4 Å². The molecule has 0 aliphatic rings. The Balaban J connectivity index is 1.25. The van der Waals surface area contributed by atoms with E-state index in [4.69, 9.17) is 4.98 Å². The highest BCUT2D eigenvalue weighted by Gasteiger charge is 2.18. The van der Waals surface area contributed by atoms with Gasteiger partial charge in [0.2, 0.25) is 0 Å². The van der Waals surface area contributed by atoms with E-state index in [9.17, 15) is 5.26 Å². The predicted octanol–water partition coefficient (Wildman–Crippen LogP) is 11.4. The van der Waals surface area contributed by atoms with Gasteiger partial charge in [-0.1, -0.05) is 127 Å². The molecular formula is C44H27N3. The molecule has 0 atom stereocenters. The highest BCUT2D eigenvalue weighted by Crippen LogP contribution is 2.44. The second kappa shape index (κ2) is 10.8. The van der Waals surface area contributed by atoms with Crippen LogP contribution in [0.1, 0.15) is 5.56 Å². The predicted molar refractivity (Wildman–Crippen MR) is 195 cm³/mol. The van der Waals surface area contributed by atoms with Crippen LogP contribution >= 0.6 is 0 Å². The number of hydrogen-bond donors (Lipinski definition) is 0. The maximum Gasteiger partial charge on any atom is 0.145 e. The monoisotopic (exact) mass is 597 g/mol. The Hall–Kier alpha value is -6.50. The van der Waals surface area contributed by atoms with Gasteiger partial charge in [0, 0.05) is 11.3 Å². The molecule has 0 bridgehead atoms. The molecule has 47 heavy (non-hydrogen) atoms. The SMILES string of the molecule is N#Cc1ccc2c(c1)nc(-c1ccccc1)n2-c1ccc(-c2c3ccccc3c(-c3ccc4ccccc4c3)c3ccccc23)cc1. The van der Waals surface area contributed by atoms with E-state index in [1.165, 1.54) is 49.0 Å². The lowest BCUT2D eigenvalue weighted by molar-refractivity contribution is 1.10. The van der Waals surface area contributed by atoms with Crippen LogP contribution in [0, 0.1) is 11.3 Å². The Labute approximate surface area is 272 Å². The molecule has 0 N–H and O–H groups in total. The molecule has 8 aromatic carbocycles. The molecule has 9 rings (SSSR count). The van der Waals surface area contributed by atoms with Gasteiger partial charge in [-0.3, -0.25) is 4.57 Å². The third kappa shape index (κ3) is 4.39. The van der Waals surface area contributed by atoms with Crippen molar-refractivity contribution in [2.24, 2.45) is 0 Å². The summed E-state index contributed by atoms with van der Waals surface area (Å²) in [6, 6.07) is 59.9. The maximum atomic E-state index is 9.54. The first-order valence-corrected chi connectivity index (χ1v) is 15.8. The molecule has 1 heterocycles. The summed E-state index contributed by atoms with van der Waals surface area (Å²) in [6.07, 6.45) is 0. The zero-order valence-electron chi connectivity index (χ0n) is 25.4. The molecule has 1 aromatic heterocycles. The van der Waals surface area contributed by atoms with Gasteiger partial charge in [-0.25, -0.2) is 4.98 Å². The van der Waals surface area contributed by atoms with Crippen molar-refractivity contribution in [3.63, 3.8) is 0 Å². The Morgan fingerprint density at radius 3 is 1.70 bits per heavy atom. The first-order chi connectivity index (χ1) is 23.3. The topological polar surface area (TPSA) is 41.6 Å². The van der Waals surface area contributed by atoms with Crippen LogP contribution in [0.3, 0.4) is 0 Å². The summed E-state index contributed by atoms with van der Waals surface area (Å²) in [5.41, 5.74) is 9.26. The smallest absolute Gasteiger partial charge is 0.145 e. The fourth-order valence-corrected chi connectivity index (χ4v) is 7.06. The van der Waals surface area contributed by atoms with Crippen molar-refractivity contribution >= 4 is 43.4 Å². The molecule has 0 saturated heterocycles. The van der Waals surface area contributed by atoms with E-state index in [2.05, 4.69) is 138 Å². The number of benzene rings is 8. The normalized spacial score (nSPS) is 11.4. The van der Waals surface area contributed by atoms with Crippen LogP contribution < -0.4 is 0 Å². The molecule has 0 saturated carbocycles. The minimum atomic E-state index is 0.600. The van der Waals surface area contributed by atoms with Crippen LogP contribution in [-0.4, -0.2) is 9.55 Å². The van der Waals surface area contributed by atoms with E-state index in [-0.39, 0.29) is 0 Å². The summed E-state index contributed by atoms with van der Waals surface area (Å²) in [5, 5.41) is 16.9. The molecule has 0 radical (unpaired) electrons. The summed E-state index contributed by atoms with van der Waals surface area (Å²) >= 11 is 0. The summed E-state index contributed by atoms with van der Waals surface area (Å²) in [6.45, 7) is 0. The van der Waals surface area contributed by atoms with Gasteiger partial charge < -0.3 is 0 Å². The van der Waals surface area contributed by atoms with Gasteiger partial charge in [-0.05, 0) is 91.0 Å². The quantitative estimate of drug-likeness (QED) is 0.189. The molecule has 0 aliphatic carbocycles. The van der Waals surface area contributed by atoms with Crippen molar-refractivity contribution in [1.82, 2.24) is 9.55 Å². The fourth-order valence-electron chi connectivity index (χ4n) is 7.06. The third-order valence-corrected chi connectivity index (χ3v) is 9.20. The van der Waals surface area contributed by atoms with E-state index >= 15 is 0 Å². The Bertz CT molecular complexity index is 2620. The van der Waals surface area contributed by atoms with Gasteiger partial charge in [0.15, 0.2) is 0 Å². The lowest BCUT2D eigenvalue weighted by Gasteiger charge is -2.18. The van der Waals surface area contributed by atoms with E-state index < -0.39 is 0 Å². The van der Waals surface area contributed by atoms with E-state index in [1.54, 1.807) is 0 Å². The molecule has 0 aliphatic heterocycles. The molecule has 0 fully saturated rings. The molecule has 0 spiro atoms. The molecule has 3 heteroatoms. The van der Waals surface area contributed by atoms with Crippen LogP contribution in [0.25, 0.3) is 82.7 Å². The first kappa shape index (κ1) is 26.9. The number of nitrogens with zero attached hydrogens (tertiary/aromatic N) is 3. The number of aromatic nitrogens is 2. The van der Waals surface area contributed by atoms with E-state index in [1.807, 2.05) is 36.4 Å². The second-order valence-electron chi connectivity index (χ2n) is 11.9. The maximum absolute atomic E-state index is 9.54. The van der Waals surface area contributed by atoms with Crippen molar-refractivity contribution in [2.45, 2.75) is 0 Å². The largest absolute Gasteiger partial charge is 0.292 e. The Morgan fingerprint density at radius 1 is 0.468 bits per heavy atom. The Morgan fingerprint density at radius 2 is 1.04 bits per heavy atom. The van der Waals surface area contributed by atoms with Crippen LogP contribution in [0.5, 0.6) is 0 Å². The van der Waals surface area contributed by atoms with Crippen LogP contribution in [-0.2, 0) is 0 Å². The van der Waals surface area contributed by atoms with Crippen molar-refractivity contribution in [3.05, 3.63) is 169 Å². The van der Waals surface area contributed by atoms with Crippen molar-refractivity contribution in [2.75, 3.05) is 0 Å². The average molecular weight is 598 g/mol. The van der Waals surface area contributed by atoms with Crippen molar-refractivity contribution in [1.29, 1.82) is 5.26 Å².